The zero-order valence-electron chi connectivity index (χ0n) is 27.9. The molecule has 0 fully saturated rings. The summed E-state index contributed by atoms with van der Waals surface area (Å²) in [4.78, 5) is 40.1. The van der Waals surface area contributed by atoms with Crippen molar-refractivity contribution in [1.82, 2.24) is 9.88 Å². The Morgan fingerprint density at radius 2 is 1.89 bits per heavy atom. The number of ether oxygens (including phenoxy) is 3. The molecule has 2 atom stereocenters. The van der Waals surface area contributed by atoms with E-state index in [0.29, 0.717) is 12.2 Å². The van der Waals surface area contributed by atoms with Gasteiger partial charge in [0.2, 0.25) is 5.69 Å². The highest BCUT2D eigenvalue weighted by Crippen LogP contribution is 2.48. The zero-order valence-corrected chi connectivity index (χ0v) is 29.7. The number of pyridine rings is 1. The second-order valence-electron chi connectivity index (χ2n) is 13.7. The number of carbonyl (C=O) groups is 2. The van der Waals surface area contributed by atoms with Crippen molar-refractivity contribution in [2.24, 2.45) is 4.99 Å². The van der Waals surface area contributed by atoms with E-state index in [0.717, 1.165) is 17.8 Å². The van der Waals surface area contributed by atoms with Crippen LogP contribution in [0.1, 0.15) is 57.9 Å². The zero-order chi connectivity index (χ0) is 34.5. The maximum absolute atomic E-state index is 15.7. The second kappa shape index (κ2) is 14.4. The molecule has 2 aromatic rings. The first kappa shape index (κ1) is 36.9. The summed E-state index contributed by atoms with van der Waals surface area (Å²) in [5, 5.41) is 0.0968. The fourth-order valence-corrected chi connectivity index (χ4v) is 6.83. The average Bonchev–Trinajstić information content (AvgIpc) is 2.95. The highest BCUT2D eigenvalue weighted by Gasteiger charge is 2.50. The first-order valence-electron chi connectivity index (χ1n) is 14.8. The maximum atomic E-state index is 15.7. The Morgan fingerprint density at radius 1 is 1.20 bits per heavy atom. The molecule has 0 N–H and O–H groups in total. The van der Waals surface area contributed by atoms with Crippen molar-refractivity contribution in [3.8, 4) is 0 Å². The number of aromatic nitrogens is 1. The van der Waals surface area contributed by atoms with Gasteiger partial charge in [-0.1, -0.05) is 43.5 Å². The van der Waals surface area contributed by atoms with Gasteiger partial charge in [-0.05, 0) is 70.5 Å². The van der Waals surface area contributed by atoms with Crippen LogP contribution >= 0.6 is 11.8 Å². The summed E-state index contributed by atoms with van der Waals surface area (Å²) in [5.41, 5.74) is -1.55. The van der Waals surface area contributed by atoms with Crippen molar-refractivity contribution in [2.75, 3.05) is 20.4 Å². The number of carbonyl (C=O) groups excluding carboxylic acids is 2. The number of hydrogen-bond donors (Lipinski definition) is 0. The Kier molecular flexibility index (Phi) is 11.6. The van der Waals surface area contributed by atoms with Crippen LogP contribution in [0.4, 0.5) is 19.3 Å². The van der Waals surface area contributed by atoms with Gasteiger partial charge in [0.15, 0.2) is 5.17 Å². The lowest BCUT2D eigenvalue weighted by Crippen LogP contribution is -2.50. The van der Waals surface area contributed by atoms with E-state index in [1.165, 1.54) is 54.6 Å². The van der Waals surface area contributed by atoms with Gasteiger partial charge in [0.05, 0.1) is 24.9 Å². The van der Waals surface area contributed by atoms with E-state index in [2.05, 4.69) is 29.5 Å². The predicted octanol–water partition coefficient (Wildman–Crippen LogP) is 8.43. The molecule has 2 heterocycles. The number of benzene rings is 1. The van der Waals surface area contributed by atoms with Crippen molar-refractivity contribution in [1.29, 1.82) is 0 Å². The van der Waals surface area contributed by atoms with Crippen molar-refractivity contribution < 1.29 is 32.6 Å². The van der Waals surface area contributed by atoms with E-state index >= 15 is 8.78 Å². The topological polar surface area (TPSA) is 94.7 Å². The van der Waals surface area contributed by atoms with Crippen molar-refractivity contribution in [2.45, 2.75) is 82.6 Å². The Hall–Kier alpha value is -3.60. The summed E-state index contributed by atoms with van der Waals surface area (Å²) in [6.07, 6.45) is 1.74. The molecule has 0 aliphatic carbocycles. The van der Waals surface area contributed by atoms with Gasteiger partial charge < -0.3 is 14.2 Å². The molecular weight excluding hydrogens is 631 g/mol. The second-order valence-corrected chi connectivity index (χ2v) is 20.8. The van der Waals surface area contributed by atoms with Gasteiger partial charge in [-0.15, -0.1) is 0 Å². The summed E-state index contributed by atoms with van der Waals surface area (Å²) in [5.74, 6) is -1.90. The van der Waals surface area contributed by atoms with Crippen LogP contribution in [0.15, 0.2) is 41.5 Å². The van der Waals surface area contributed by atoms with Crippen LogP contribution in [0.5, 0.6) is 0 Å². The Labute approximate surface area is 275 Å². The summed E-state index contributed by atoms with van der Waals surface area (Å²) >= 11 is 1.02. The Balaban J connectivity index is 2.12. The minimum Gasteiger partial charge on any atom is -0.468 e. The molecular formula is C33H42F2N4O5SSi. The fourth-order valence-electron chi connectivity index (χ4n) is 4.66. The Morgan fingerprint density at radius 3 is 2.46 bits per heavy atom. The van der Waals surface area contributed by atoms with Crippen molar-refractivity contribution in [3.63, 3.8) is 0 Å². The van der Waals surface area contributed by atoms with E-state index < -0.39 is 47.7 Å². The molecule has 9 nitrogen and oxygen atoms in total. The third kappa shape index (κ3) is 9.70. The fraction of sp³-hybridized carbons (Fsp3) is 0.485. The summed E-state index contributed by atoms with van der Waals surface area (Å²) in [6, 6.07) is 7.77. The lowest BCUT2D eigenvalue weighted by Gasteiger charge is -2.42. The third-order valence-electron chi connectivity index (χ3n) is 7.00. The molecule has 0 saturated carbocycles. The van der Waals surface area contributed by atoms with Gasteiger partial charge in [-0.3, -0.25) is 14.8 Å². The number of thioether (sulfide) groups is 1. The lowest BCUT2D eigenvalue weighted by molar-refractivity contribution is -0.143. The van der Waals surface area contributed by atoms with E-state index in [1.54, 1.807) is 34.6 Å². The first-order chi connectivity index (χ1) is 21.3. The van der Waals surface area contributed by atoms with Gasteiger partial charge >= 0.3 is 12.1 Å². The monoisotopic (exact) mass is 672 g/mol. The number of halogens is 2. The van der Waals surface area contributed by atoms with Crippen molar-refractivity contribution in [3.05, 3.63) is 70.6 Å². The molecule has 1 amide bonds. The minimum absolute atomic E-state index is 0.00565. The smallest absolute Gasteiger partial charge is 0.418 e. The van der Waals surface area contributed by atoms with Gasteiger partial charge in [-0.25, -0.2) is 23.3 Å². The molecule has 0 saturated heterocycles. The van der Waals surface area contributed by atoms with Crippen LogP contribution in [0, 0.1) is 12.4 Å². The first-order valence-corrected chi connectivity index (χ1v) is 19.3. The number of amides is 1. The largest absolute Gasteiger partial charge is 0.468 e. The van der Waals surface area contributed by atoms with Gasteiger partial charge in [0, 0.05) is 32.9 Å². The number of nitrogens with zero attached hydrogens (tertiary/aromatic N) is 4. The SMILES string of the molecule is [C-]#[N+]c1ccc(/C(F)=C/c2ccc(F)c([C@]3(C)CC(C)(C(=O)OC)SC(N(COCC[Si](C)(C)C)C(=O)OC(C)(C)C)=N3)c2)nc1. The maximum Gasteiger partial charge on any atom is 0.418 e. The normalized spacial score (nSPS) is 20.4. The number of rotatable bonds is 9. The summed E-state index contributed by atoms with van der Waals surface area (Å²) in [7, 11) is -0.179. The third-order valence-corrected chi connectivity index (χ3v) is 9.96. The molecule has 0 spiro atoms. The molecule has 1 aliphatic heterocycles. The number of aliphatic imine (C=N–C) groups is 1. The molecule has 248 valence electrons. The molecule has 3 rings (SSSR count). The predicted molar refractivity (Wildman–Crippen MR) is 180 cm³/mol. The quantitative estimate of drug-likeness (QED) is 0.0868. The lowest BCUT2D eigenvalue weighted by atomic mass is 9.82. The molecule has 0 radical (unpaired) electrons. The highest BCUT2D eigenvalue weighted by molar-refractivity contribution is 8.15. The molecule has 1 unspecified atom stereocenters. The minimum atomic E-state index is -1.44. The van der Waals surface area contributed by atoms with E-state index in [4.69, 9.17) is 25.8 Å². The molecule has 0 bridgehead atoms. The van der Waals surface area contributed by atoms with Crippen molar-refractivity contribution >= 4 is 54.7 Å². The molecule has 1 aromatic heterocycles. The van der Waals surface area contributed by atoms with Crippen LogP contribution in [-0.2, 0) is 24.5 Å². The van der Waals surface area contributed by atoms with Crippen LogP contribution in [0.3, 0.4) is 0 Å². The number of methoxy groups -OCH3 is 1. The number of esters is 1. The highest BCUT2D eigenvalue weighted by atomic mass is 32.2. The standard InChI is InChI=1S/C33H42F2N4O5SSi/c1-31(2,3)44-30(41)39(21-43-15-16-46(8,9)10)29-38-32(4,20-33(5,45-29)28(40)42-7)24-17-22(11-13-25(24)34)18-26(35)27-14-12-23(36-6)19-37-27/h11-14,17-19H,15-16,20-21H2,1-5,7-10H3/b26-18-/t32-,33?/m0/s1. The van der Waals surface area contributed by atoms with E-state index in [1.807, 2.05) is 0 Å². The van der Waals surface area contributed by atoms with E-state index in [9.17, 15) is 9.59 Å². The summed E-state index contributed by atoms with van der Waals surface area (Å²) in [6.45, 7) is 22.4. The number of hydrogen-bond acceptors (Lipinski definition) is 8. The van der Waals surface area contributed by atoms with Gasteiger partial charge in [0.1, 0.15) is 28.7 Å². The van der Waals surface area contributed by atoms with Gasteiger partial charge in [0.25, 0.3) is 0 Å². The van der Waals surface area contributed by atoms with Crippen LogP contribution in [-0.4, -0.2) is 66.0 Å². The molecule has 46 heavy (non-hydrogen) atoms. The summed E-state index contributed by atoms with van der Waals surface area (Å²) < 4.78 is 46.3. The number of amidine groups is 1. The van der Waals surface area contributed by atoms with E-state index in [-0.39, 0.29) is 35.3 Å². The van der Waals surface area contributed by atoms with Gasteiger partial charge in [-0.2, -0.15) is 0 Å². The Bertz CT molecular complexity index is 1550. The molecule has 13 heteroatoms. The average molecular weight is 673 g/mol. The molecule has 1 aromatic carbocycles. The molecule has 1 aliphatic rings. The van der Waals surface area contributed by atoms with Crippen LogP contribution < -0.4 is 0 Å². The van der Waals surface area contributed by atoms with Crippen LogP contribution in [0.2, 0.25) is 25.7 Å². The van der Waals surface area contributed by atoms with Crippen LogP contribution in [0.25, 0.3) is 16.7 Å².